The molecule has 0 fully saturated rings. The van der Waals surface area contributed by atoms with E-state index in [1.807, 2.05) is 38.1 Å². The van der Waals surface area contributed by atoms with Crippen LogP contribution in [-0.2, 0) is 0 Å². The zero-order valence-electron chi connectivity index (χ0n) is 9.95. The molecule has 2 aromatic rings. The summed E-state index contributed by atoms with van der Waals surface area (Å²) in [7, 11) is 3.91. The molecule has 1 aromatic heterocycles. The lowest BCUT2D eigenvalue weighted by Crippen LogP contribution is -2.12. The molecule has 0 saturated carbocycles. The van der Waals surface area contributed by atoms with Gasteiger partial charge in [-0.1, -0.05) is 11.6 Å². The maximum Gasteiger partial charge on any atom is 0.146 e. The van der Waals surface area contributed by atoms with E-state index in [1.165, 1.54) is 0 Å². The van der Waals surface area contributed by atoms with Gasteiger partial charge in [0.15, 0.2) is 0 Å². The number of hydrogen-bond donors (Lipinski definition) is 0. The van der Waals surface area contributed by atoms with Crippen molar-refractivity contribution < 1.29 is 0 Å². The van der Waals surface area contributed by atoms with Gasteiger partial charge in [-0.3, -0.25) is 0 Å². The smallest absolute Gasteiger partial charge is 0.146 e. The molecular weight excluding hydrogens is 234 g/mol. The second kappa shape index (κ2) is 4.23. The quantitative estimate of drug-likeness (QED) is 0.775. The summed E-state index contributed by atoms with van der Waals surface area (Å²) in [6.45, 7) is 1.91. The van der Waals surface area contributed by atoms with Crippen molar-refractivity contribution in [3.63, 3.8) is 0 Å². The van der Waals surface area contributed by atoms with Crippen molar-refractivity contribution in [2.24, 2.45) is 0 Å². The molecule has 0 saturated heterocycles. The molecule has 0 aliphatic rings. The lowest BCUT2D eigenvalue weighted by Gasteiger charge is -2.18. The van der Waals surface area contributed by atoms with Crippen molar-refractivity contribution in [3.05, 3.63) is 34.5 Å². The third-order valence-corrected chi connectivity index (χ3v) is 2.95. The molecule has 86 valence electrons. The van der Waals surface area contributed by atoms with Gasteiger partial charge in [0.1, 0.15) is 11.8 Å². The Morgan fingerprint density at radius 3 is 2.65 bits per heavy atom. The SMILES string of the molecule is Cc1c(C#N)nc2cc(Cl)ccc2c1N(C)C. The molecule has 0 amide bonds. The van der Waals surface area contributed by atoms with Crippen molar-refractivity contribution in [2.75, 3.05) is 19.0 Å². The average molecular weight is 246 g/mol. The molecule has 0 bridgehead atoms. The Hall–Kier alpha value is -1.79. The predicted octanol–water partition coefficient (Wildman–Crippen LogP) is 3.13. The predicted molar refractivity (Wildman–Crippen MR) is 70.5 cm³/mol. The molecule has 0 N–H and O–H groups in total. The van der Waals surface area contributed by atoms with Crippen LogP contribution in [0.5, 0.6) is 0 Å². The van der Waals surface area contributed by atoms with Crippen LogP contribution in [0.2, 0.25) is 5.02 Å². The zero-order valence-corrected chi connectivity index (χ0v) is 10.7. The van der Waals surface area contributed by atoms with Gasteiger partial charge in [-0.25, -0.2) is 4.98 Å². The van der Waals surface area contributed by atoms with Gasteiger partial charge in [-0.05, 0) is 25.1 Å². The van der Waals surface area contributed by atoms with Crippen molar-refractivity contribution in [3.8, 4) is 6.07 Å². The molecule has 0 radical (unpaired) electrons. The Kier molecular flexibility index (Phi) is 2.91. The van der Waals surface area contributed by atoms with Gasteiger partial charge in [0.25, 0.3) is 0 Å². The molecule has 1 heterocycles. The van der Waals surface area contributed by atoms with Crippen molar-refractivity contribution in [1.82, 2.24) is 4.98 Å². The van der Waals surface area contributed by atoms with Crippen molar-refractivity contribution >= 4 is 28.2 Å². The monoisotopic (exact) mass is 245 g/mol. The van der Waals surface area contributed by atoms with Crippen LogP contribution in [0.15, 0.2) is 18.2 Å². The summed E-state index contributed by atoms with van der Waals surface area (Å²) in [5.74, 6) is 0. The minimum Gasteiger partial charge on any atom is -0.377 e. The summed E-state index contributed by atoms with van der Waals surface area (Å²) >= 11 is 5.95. The first kappa shape index (κ1) is 11.7. The summed E-state index contributed by atoms with van der Waals surface area (Å²) in [5, 5.41) is 10.7. The van der Waals surface area contributed by atoms with Crippen molar-refractivity contribution in [1.29, 1.82) is 5.26 Å². The van der Waals surface area contributed by atoms with Crippen LogP contribution in [0.3, 0.4) is 0 Å². The van der Waals surface area contributed by atoms with E-state index in [9.17, 15) is 0 Å². The topological polar surface area (TPSA) is 39.9 Å². The number of aromatic nitrogens is 1. The van der Waals surface area contributed by atoms with E-state index in [1.54, 1.807) is 6.07 Å². The third-order valence-electron chi connectivity index (χ3n) is 2.71. The second-order valence-electron chi connectivity index (χ2n) is 4.10. The molecule has 3 nitrogen and oxygen atoms in total. The standard InChI is InChI=1S/C13H12ClN3/c1-8-12(7-15)16-11-6-9(14)4-5-10(11)13(8)17(2)3/h4-6H,1-3H3. The summed E-state index contributed by atoms with van der Waals surface area (Å²) < 4.78 is 0. The van der Waals surface area contributed by atoms with E-state index in [0.717, 1.165) is 22.2 Å². The molecule has 0 atom stereocenters. The number of nitriles is 1. The molecular formula is C13H12ClN3. The molecule has 0 aliphatic carbocycles. The maximum atomic E-state index is 9.09. The largest absolute Gasteiger partial charge is 0.377 e. The van der Waals surface area contributed by atoms with Crippen LogP contribution in [0, 0.1) is 18.3 Å². The van der Waals surface area contributed by atoms with Gasteiger partial charge >= 0.3 is 0 Å². The van der Waals surface area contributed by atoms with Crippen molar-refractivity contribution in [2.45, 2.75) is 6.92 Å². The molecule has 1 aromatic carbocycles. The first-order chi connectivity index (χ1) is 8.04. The fourth-order valence-corrected chi connectivity index (χ4v) is 2.17. The Labute approximate surface area is 105 Å². The molecule has 0 aliphatic heterocycles. The van der Waals surface area contributed by atoms with Crippen LogP contribution in [-0.4, -0.2) is 19.1 Å². The van der Waals surface area contributed by atoms with E-state index in [4.69, 9.17) is 16.9 Å². The lowest BCUT2D eigenvalue weighted by molar-refractivity contribution is 1.11. The maximum absolute atomic E-state index is 9.09. The summed E-state index contributed by atoms with van der Waals surface area (Å²) in [5.41, 5.74) is 3.11. The Bertz CT molecular complexity index is 627. The van der Waals surface area contributed by atoms with E-state index in [-0.39, 0.29) is 0 Å². The minimum atomic E-state index is 0.448. The lowest BCUT2D eigenvalue weighted by atomic mass is 10.1. The molecule has 0 spiro atoms. The first-order valence-corrected chi connectivity index (χ1v) is 5.59. The fourth-order valence-electron chi connectivity index (χ4n) is 2.00. The van der Waals surface area contributed by atoms with E-state index >= 15 is 0 Å². The number of hydrogen-bond acceptors (Lipinski definition) is 3. The summed E-state index contributed by atoms with van der Waals surface area (Å²) in [4.78, 5) is 6.32. The first-order valence-electron chi connectivity index (χ1n) is 5.22. The highest BCUT2D eigenvalue weighted by Crippen LogP contribution is 2.31. The van der Waals surface area contributed by atoms with Crippen LogP contribution < -0.4 is 4.90 Å². The highest BCUT2D eigenvalue weighted by Gasteiger charge is 2.13. The van der Waals surface area contributed by atoms with Crippen LogP contribution in [0.25, 0.3) is 10.9 Å². The molecule has 4 heteroatoms. The normalized spacial score (nSPS) is 10.3. The van der Waals surface area contributed by atoms with Crippen LogP contribution in [0.1, 0.15) is 11.3 Å². The van der Waals surface area contributed by atoms with Crippen LogP contribution in [0.4, 0.5) is 5.69 Å². The number of fused-ring (bicyclic) bond motifs is 1. The minimum absolute atomic E-state index is 0.448. The Balaban J connectivity index is 2.93. The van der Waals surface area contributed by atoms with Gasteiger partial charge in [-0.2, -0.15) is 5.26 Å². The Morgan fingerprint density at radius 2 is 2.06 bits per heavy atom. The number of rotatable bonds is 1. The van der Waals surface area contributed by atoms with Gasteiger partial charge in [-0.15, -0.1) is 0 Å². The number of nitrogens with zero attached hydrogens (tertiary/aromatic N) is 3. The highest BCUT2D eigenvalue weighted by atomic mass is 35.5. The van der Waals surface area contributed by atoms with E-state index in [2.05, 4.69) is 11.1 Å². The van der Waals surface area contributed by atoms with E-state index < -0.39 is 0 Å². The Morgan fingerprint density at radius 1 is 1.35 bits per heavy atom. The number of anilines is 1. The highest BCUT2D eigenvalue weighted by molar-refractivity contribution is 6.31. The fraction of sp³-hybridized carbons (Fsp3) is 0.231. The molecule has 17 heavy (non-hydrogen) atoms. The van der Waals surface area contributed by atoms with Gasteiger partial charge in [0.2, 0.25) is 0 Å². The van der Waals surface area contributed by atoms with Gasteiger partial charge < -0.3 is 4.90 Å². The van der Waals surface area contributed by atoms with Crippen LogP contribution >= 0.6 is 11.6 Å². The molecule has 0 unspecified atom stereocenters. The summed E-state index contributed by atoms with van der Waals surface area (Å²) in [6, 6.07) is 7.68. The second-order valence-corrected chi connectivity index (χ2v) is 4.54. The summed E-state index contributed by atoms with van der Waals surface area (Å²) in [6.07, 6.45) is 0. The number of benzene rings is 1. The number of halogens is 1. The van der Waals surface area contributed by atoms with Gasteiger partial charge in [0.05, 0.1) is 11.2 Å². The third kappa shape index (κ3) is 1.92. The molecule has 2 rings (SSSR count). The van der Waals surface area contributed by atoms with E-state index in [0.29, 0.717) is 10.7 Å². The van der Waals surface area contributed by atoms with Gasteiger partial charge in [0, 0.05) is 30.1 Å². The zero-order chi connectivity index (χ0) is 12.6. The average Bonchev–Trinajstić information content (AvgIpc) is 2.28. The number of pyridine rings is 1.